The summed E-state index contributed by atoms with van der Waals surface area (Å²) in [7, 11) is 0. The van der Waals surface area contributed by atoms with Crippen molar-refractivity contribution in [1.82, 2.24) is 0 Å². The Kier molecular flexibility index (Phi) is 8.16. The third-order valence-corrected chi connectivity index (χ3v) is 6.22. The summed E-state index contributed by atoms with van der Waals surface area (Å²) < 4.78 is 51.2. The van der Waals surface area contributed by atoms with Crippen molar-refractivity contribution in [2.45, 2.75) is 19.7 Å². The fourth-order valence-electron chi connectivity index (χ4n) is 3.73. The highest BCUT2D eigenvalue weighted by Crippen LogP contribution is 2.36. The van der Waals surface area contributed by atoms with Gasteiger partial charge in [0.05, 0.1) is 23.3 Å². The lowest BCUT2D eigenvalue weighted by Gasteiger charge is -2.15. The summed E-state index contributed by atoms with van der Waals surface area (Å²) in [5.41, 5.74) is 1.95. The molecule has 0 bridgehead atoms. The second-order valence-electron chi connectivity index (χ2n) is 8.04. The van der Waals surface area contributed by atoms with Gasteiger partial charge in [0.25, 0.3) is 5.69 Å². The van der Waals surface area contributed by atoms with Crippen molar-refractivity contribution in [3.05, 3.63) is 104 Å². The van der Waals surface area contributed by atoms with Gasteiger partial charge in [-0.05, 0) is 63.5 Å². The molecule has 7 nitrogen and oxygen atoms in total. The zero-order chi connectivity index (χ0) is 27.3. The molecule has 0 amide bonds. The van der Waals surface area contributed by atoms with Crippen LogP contribution in [0, 0.1) is 10.1 Å². The van der Waals surface area contributed by atoms with Gasteiger partial charge in [0.15, 0.2) is 11.5 Å². The molecule has 0 aromatic heterocycles. The largest absolute Gasteiger partial charge is 0.490 e. The first kappa shape index (κ1) is 26.9. The van der Waals surface area contributed by atoms with Crippen LogP contribution in [0.1, 0.15) is 23.6 Å². The van der Waals surface area contributed by atoms with Gasteiger partial charge in [0, 0.05) is 16.1 Å². The van der Waals surface area contributed by atoms with Gasteiger partial charge in [-0.3, -0.25) is 15.5 Å². The van der Waals surface area contributed by atoms with Gasteiger partial charge in [-0.25, -0.2) is 0 Å². The minimum absolute atomic E-state index is 0.185. The maximum absolute atomic E-state index is 12.9. The number of nitrogens with zero attached hydrogens (tertiary/aromatic N) is 2. The molecular weight excluding hydrogens is 567 g/mol. The van der Waals surface area contributed by atoms with Gasteiger partial charge in [-0.1, -0.05) is 42.5 Å². The number of fused-ring (bicyclic) bond motifs is 1. The molecule has 4 aromatic rings. The average Bonchev–Trinajstić information content (AvgIpc) is 2.89. The zero-order valence-corrected chi connectivity index (χ0v) is 21.5. The molecule has 0 aliphatic carbocycles. The van der Waals surface area contributed by atoms with Gasteiger partial charge >= 0.3 is 6.18 Å². The summed E-state index contributed by atoms with van der Waals surface area (Å²) in [6.07, 6.45) is -3.34. The Hall–Kier alpha value is -4.12. The van der Waals surface area contributed by atoms with E-state index in [1.54, 1.807) is 12.1 Å². The molecule has 0 atom stereocenters. The van der Waals surface area contributed by atoms with Crippen LogP contribution in [0.3, 0.4) is 0 Å². The molecule has 1 N–H and O–H groups in total. The molecule has 4 rings (SSSR count). The normalized spacial score (nSPS) is 11.6. The molecular formula is C27H21BrF3N3O4. The van der Waals surface area contributed by atoms with Crippen molar-refractivity contribution in [2.24, 2.45) is 5.10 Å². The molecule has 0 heterocycles. The fourth-order valence-corrected chi connectivity index (χ4v) is 4.15. The van der Waals surface area contributed by atoms with E-state index < -0.39 is 22.4 Å². The highest BCUT2D eigenvalue weighted by atomic mass is 79.9. The summed E-state index contributed by atoms with van der Waals surface area (Å²) in [5, 5.41) is 17.5. The van der Waals surface area contributed by atoms with Crippen LogP contribution >= 0.6 is 15.9 Å². The van der Waals surface area contributed by atoms with E-state index in [9.17, 15) is 23.3 Å². The Morgan fingerprint density at radius 1 is 1.03 bits per heavy atom. The lowest BCUT2D eigenvalue weighted by molar-refractivity contribution is -0.384. The van der Waals surface area contributed by atoms with Crippen molar-refractivity contribution in [2.75, 3.05) is 12.0 Å². The smallest absolute Gasteiger partial charge is 0.416 e. The monoisotopic (exact) mass is 587 g/mol. The van der Waals surface area contributed by atoms with Gasteiger partial charge in [0.1, 0.15) is 12.3 Å². The zero-order valence-electron chi connectivity index (χ0n) is 20.0. The molecule has 0 saturated heterocycles. The van der Waals surface area contributed by atoms with Gasteiger partial charge in [0.2, 0.25) is 0 Å². The SMILES string of the molecule is CCOc1cc(/C=N\Nc2ccc(C(F)(F)F)cc2[N+](=O)[O-])c(Br)cc1OCc1cccc2ccccc12. The molecule has 0 unspecified atom stereocenters. The number of anilines is 1. The number of alkyl halides is 3. The highest BCUT2D eigenvalue weighted by molar-refractivity contribution is 9.10. The second-order valence-corrected chi connectivity index (χ2v) is 8.89. The van der Waals surface area contributed by atoms with E-state index in [4.69, 9.17) is 9.47 Å². The lowest BCUT2D eigenvalue weighted by Crippen LogP contribution is -2.06. The van der Waals surface area contributed by atoms with Crippen molar-refractivity contribution in [3.8, 4) is 11.5 Å². The van der Waals surface area contributed by atoms with Crippen LogP contribution in [0.15, 0.2) is 82.4 Å². The summed E-state index contributed by atoms with van der Waals surface area (Å²) in [4.78, 5) is 10.4. The van der Waals surface area contributed by atoms with E-state index in [2.05, 4.69) is 26.5 Å². The molecule has 196 valence electrons. The predicted molar refractivity (Wildman–Crippen MR) is 143 cm³/mol. The fraction of sp³-hybridized carbons (Fsp3) is 0.148. The maximum Gasteiger partial charge on any atom is 0.416 e. The molecule has 0 spiro atoms. The Balaban J connectivity index is 1.55. The molecule has 0 aliphatic heterocycles. The molecule has 0 aliphatic rings. The minimum Gasteiger partial charge on any atom is -0.490 e. The number of ether oxygens (including phenoxy) is 2. The third kappa shape index (κ3) is 6.23. The van der Waals surface area contributed by atoms with E-state index in [1.807, 2.05) is 49.4 Å². The average molecular weight is 588 g/mol. The minimum atomic E-state index is -4.70. The number of nitrogens with one attached hydrogen (secondary N) is 1. The van der Waals surface area contributed by atoms with Crippen molar-refractivity contribution in [1.29, 1.82) is 0 Å². The summed E-state index contributed by atoms with van der Waals surface area (Å²) in [6.45, 7) is 2.51. The summed E-state index contributed by atoms with van der Waals surface area (Å²) >= 11 is 3.47. The summed E-state index contributed by atoms with van der Waals surface area (Å²) in [6, 6.07) is 19.6. The number of nitro benzene ring substituents is 1. The predicted octanol–water partition coefficient (Wildman–Crippen LogP) is 7.95. The van der Waals surface area contributed by atoms with Crippen LogP contribution in [-0.2, 0) is 12.8 Å². The van der Waals surface area contributed by atoms with E-state index in [0.29, 0.717) is 40.8 Å². The first-order chi connectivity index (χ1) is 18.2. The number of benzene rings is 4. The number of halogens is 4. The van der Waals surface area contributed by atoms with Crippen LogP contribution in [-0.4, -0.2) is 17.7 Å². The van der Waals surface area contributed by atoms with Gasteiger partial charge in [-0.15, -0.1) is 0 Å². The number of hydrazone groups is 1. The third-order valence-electron chi connectivity index (χ3n) is 5.54. The molecule has 11 heteroatoms. The van der Waals surface area contributed by atoms with E-state index in [0.717, 1.165) is 28.5 Å². The van der Waals surface area contributed by atoms with Crippen LogP contribution in [0.25, 0.3) is 10.8 Å². The topological polar surface area (TPSA) is 86.0 Å². The number of nitro groups is 1. The Morgan fingerprint density at radius 2 is 1.76 bits per heavy atom. The highest BCUT2D eigenvalue weighted by Gasteiger charge is 2.33. The molecule has 0 fully saturated rings. The Labute approximate surface area is 224 Å². The van der Waals surface area contributed by atoms with Crippen LogP contribution in [0.2, 0.25) is 0 Å². The number of rotatable bonds is 9. The number of hydrogen-bond donors (Lipinski definition) is 1. The van der Waals surface area contributed by atoms with E-state index in [-0.39, 0.29) is 5.69 Å². The Morgan fingerprint density at radius 3 is 2.50 bits per heavy atom. The van der Waals surface area contributed by atoms with Crippen LogP contribution in [0.5, 0.6) is 11.5 Å². The van der Waals surface area contributed by atoms with Crippen molar-refractivity contribution < 1.29 is 27.6 Å². The number of hydrogen-bond acceptors (Lipinski definition) is 6. The van der Waals surface area contributed by atoms with Crippen LogP contribution in [0.4, 0.5) is 24.5 Å². The van der Waals surface area contributed by atoms with E-state index >= 15 is 0 Å². The van der Waals surface area contributed by atoms with Crippen molar-refractivity contribution >= 4 is 44.3 Å². The van der Waals surface area contributed by atoms with Crippen molar-refractivity contribution in [3.63, 3.8) is 0 Å². The van der Waals surface area contributed by atoms with Crippen LogP contribution < -0.4 is 14.9 Å². The Bertz CT molecular complexity index is 1500. The molecule has 0 saturated carbocycles. The van der Waals surface area contributed by atoms with Gasteiger partial charge in [-0.2, -0.15) is 18.3 Å². The maximum atomic E-state index is 12.9. The molecule has 0 radical (unpaired) electrons. The first-order valence-electron chi connectivity index (χ1n) is 11.4. The summed E-state index contributed by atoms with van der Waals surface area (Å²) in [5.74, 6) is 0.952. The molecule has 38 heavy (non-hydrogen) atoms. The van der Waals surface area contributed by atoms with Gasteiger partial charge < -0.3 is 9.47 Å². The van der Waals surface area contributed by atoms with E-state index in [1.165, 1.54) is 6.21 Å². The standard InChI is InChI=1S/C27H21BrF3N3O4/c1-2-37-25-12-19(15-32-33-23-11-10-20(27(29,30)31)13-24(23)34(35)36)22(28)14-26(25)38-16-18-8-5-7-17-6-3-4-9-21(17)18/h3-15,33H,2,16H2,1H3/b32-15-. The second kappa shape index (κ2) is 11.5. The first-order valence-corrected chi connectivity index (χ1v) is 12.2. The quantitative estimate of drug-likeness (QED) is 0.122. The lowest BCUT2D eigenvalue weighted by atomic mass is 10.1. The molecule has 4 aromatic carbocycles.